The van der Waals surface area contributed by atoms with Gasteiger partial charge in [-0.15, -0.1) is 0 Å². The van der Waals surface area contributed by atoms with Crippen LogP contribution < -0.4 is 0 Å². The van der Waals surface area contributed by atoms with Crippen LogP contribution in [0.5, 0.6) is 0 Å². The first kappa shape index (κ1) is 12.6. The number of hydrogen-bond acceptors (Lipinski definition) is 1. The largest absolute Gasteiger partial charge is 0.175 e. The van der Waals surface area contributed by atoms with Gasteiger partial charge in [-0.05, 0) is 37.5 Å². The Bertz CT molecular complexity index is 241. The minimum Gasteiger partial charge on any atom is -0.175 e. The molecule has 0 aliphatic heterocycles. The highest BCUT2D eigenvalue weighted by Gasteiger charge is 2.00. The van der Waals surface area contributed by atoms with Crippen LogP contribution in [0.25, 0.3) is 0 Å². The summed E-state index contributed by atoms with van der Waals surface area (Å²) < 4.78 is 0. The minimum atomic E-state index is 0.845. The molecule has 0 bridgehead atoms. The topological polar surface area (TPSA) is 0 Å². The second-order valence-electron chi connectivity index (χ2n) is 3.04. The fraction of sp³-hybridized carbons (Fsp3) is 0.500. The molecule has 0 heterocycles. The van der Waals surface area contributed by atoms with Crippen molar-refractivity contribution < 1.29 is 0 Å². The number of hydrogen-bond donors (Lipinski definition) is 1. The van der Waals surface area contributed by atoms with Crippen molar-refractivity contribution >= 4 is 12.6 Å². The molecule has 1 aromatic rings. The van der Waals surface area contributed by atoms with E-state index in [1.54, 1.807) is 0 Å². The normalized spacial score (nSPS) is 9.08. The van der Waals surface area contributed by atoms with Crippen LogP contribution in [-0.4, -0.2) is 0 Å². The Morgan fingerprint density at radius 2 is 1.38 bits per heavy atom. The highest BCUT2D eigenvalue weighted by atomic mass is 32.1. The van der Waals surface area contributed by atoms with Gasteiger partial charge in [-0.3, -0.25) is 0 Å². The van der Waals surface area contributed by atoms with Gasteiger partial charge in [0.15, 0.2) is 0 Å². The van der Waals surface area contributed by atoms with E-state index in [0.717, 1.165) is 5.75 Å². The predicted octanol–water partition coefficient (Wildman–Crippen LogP) is 4.07. The lowest BCUT2D eigenvalue weighted by Gasteiger charge is -2.07. The molecule has 0 saturated carbocycles. The van der Waals surface area contributed by atoms with E-state index in [0.29, 0.717) is 0 Å². The molecule has 0 aliphatic rings. The number of rotatable bonds is 1. The Kier molecular flexibility index (Phi) is 5.89. The monoisotopic (exact) mass is 196 g/mol. The number of aryl methyl sites for hydroxylation is 3. The SMILES string of the molecule is CC.Cc1cc(C)c(CS)c(C)c1. The lowest BCUT2D eigenvalue weighted by Crippen LogP contribution is -1.90. The van der Waals surface area contributed by atoms with Crippen LogP contribution in [-0.2, 0) is 5.75 Å². The molecule has 0 radical (unpaired) electrons. The maximum atomic E-state index is 4.28. The van der Waals surface area contributed by atoms with Crippen LogP contribution in [0.3, 0.4) is 0 Å². The van der Waals surface area contributed by atoms with Crippen LogP contribution in [0.1, 0.15) is 36.1 Å². The molecule has 1 heteroatoms. The van der Waals surface area contributed by atoms with E-state index in [1.165, 1.54) is 22.3 Å². The van der Waals surface area contributed by atoms with Gasteiger partial charge < -0.3 is 0 Å². The quantitative estimate of drug-likeness (QED) is 0.643. The summed E-state index contributed by atoms with van der Waals surface area (Å²) in [4.78, 5) is 0. The van der Waals surface area contributed by atoms with Gasteiger partial charge in [0.1, 0.15) is 0 Å². The molecule has 1 rings (SSSR count). The average Bonchev–Trinajstić information content (AvgIpc) is 2.07. The Morgan fingerprint density at radius 3 is 1.69 bits per heavy atom. The molecule has 0 amide bonds. The molecule has 74 valence electrons. The van der Waals surface area contributed by atoms with E-state index in [2.05, 4.69) is 45.5 Å². The van der Waals surface area contributed by atoms with Gasteiger partial charge in [-0.25, -0.2) is 0 Å². The lowest BCUT2D eigenvalue weighted by atomic mass is 10.0. The Balaban J connectivity index is 0.000000671. The van der Waals surface area contributed by atoms with E-state index in [-0.39, 0.29) is 0 Å². The third-order valence-corrected chi connectivity index (χ3v) is 2.31. The molecule has 0 spiro atoms. The van der Waals surface area contributed by atoms with Crippen molar-refractivity contribution in [1.29, 1.82) is 0 Å². The second kappa shape index (κ2) is 6.09. The van der Waals surface area contributed by atoms with Crippen LogP contribution in [0.2, 0.25) is 0 Å². The third-order valence-electron chi connectivity index (χ3n) is 2.00. The summed E-state index contributed by atoms with van der Waals surface area (Å²) in [6.07, 6.45) is 0. The van der Waals surface area contributed by atoms with E-state index >= 15 is 0 Å². The Hall–Kier alpha value is -0.430. The van der Waals surface area contributed by atoms with Gasteiger partial charge in [0.25, 0.3) is 0 Å². The minimum absolute atomic E-state index is 0.845. The van der Waals surface area contributed by atoms with Crippen LogP contribution >= 0.6 is 12.6 Å². The van der Waals surface area contributed by atoms with Crippen molar-refractivity contribution in [2.24, 2.45) is 0 Å². The van der Waals surface area contributed by atoms with Gasteiger partial charge >= 0.3 is 0 Å². The molecule has 0 nitrogen and oxygen atoms in total. The molecule has 0 atom stereocenters. The maximum Gasteiger partial charge on any atom is 0.0159 e. The molecule has 0 aromatic heterocycles. The Labute approximate surface area is 87.8 Å². The lowest BCUT2D eigenvalue weighted by molar-refractivity contribution is 1.22. The molecular weight excluding hydrogens is 176 g/mol. The summed E-state index contributed by atoms with van der Waals surface area (Å²) in [7, 11) is 0. The summed E-state index contributed by atoms with van der Waals surface area (Å²) in [5.41, 5.74) is 5.43. The van der Waals surface area contributed by atoms with Crippen molar-refractivity contribution in [3.8, 4) is 0 Å². The molecule has 13 heavy (non-hydrogen) atoms. The number of thiol groups is 1. The molecule has 1 aromatic carbocycles. The standard InChI is InChI=1S/C10H14S.C2H6/c1-7-4-8(2)10(6-11)9(3)5-7;1-2/h4-5,11H,6H2,1-3H3;1-2H3. The zero-order chi connectivity index (χ0) is 10.4. The van der Waals surface area contributed by atoms with E-state index < -0.39 is 0 Å². The van der Waals surface area contributed by atoms with Crippen molar-refractivity contribution in [3.63, 3.8) is 0 Å². The van der Waals surface area contributed by atoms with Crippen LogP contribution in [0.15, 0.2) is 12.1 Å². The molecule has 0 saturated heterocycles. The summed E-state index contributed by atoms with van der Waals surface area (Å²) in [5, 5.41) is 0. The van der Waals surface area contributed by atoms with Gasteiger partial charge in [0.05, 0.1) is 0 Å². The predicted molar refractivity (Wildman–Crippen MR) is 64.7 cm³/mol. The molecule has 0 unspecified atom stereocenters. The van der Waals surface area contributed by atoms with Gasteiger partial charge in [0.2, 0.25) is 0 Å². The summed E-state index contributed by atoms with van der Waals surface area (Å²) >= 11 is 4.28. The molecule has 0 N–H and O–H groups in total. The maximum absolute atomic E-state index is 4.28. The first-order chi connectivity index (χ1) is 6.15. The smallest absolute Gasteiger partial charge is 0.0159 e. The first-order valence-electron chi connectivity index (χ1n) is 4.82. The summed E-state index contributed by atoms with van der Waals surface area (Å²) in [6, 6.07) is 4.41. The van der Waals surface area contributed by atoms with Crippen molar-refractivity contribution in [2.45, 2.75) is 40.4 Å². The molecule has 0 aliphatic carbocycles. The first-order valence-corrected chi connectivity index (χ1v) is 5.46. The fourth-order valence-corrected chi connectivity index (χ4v) is 1.96. The third kappa shape index (κ3) is 3.43. The van der Waals surface area contributed by atoms with Crippen LogP contribution in [0.4, 0.5) is 0 Å². The fourth-order valence-electron chi connectivity index (χ4n) is 1.46. The van der Waals surface area contributed by atoms with Crippen molar-refractivity contribution in [2.75, 3.05) is 0 Å². The molecular formula is C12H20S. The Morgan fingerprint density at radius 1 is 1.00 bits per heavy atom. The molecule has 0 fully saturated rings. The number of benzene rings is 1. The van der Waals surface area contributed by atoms with Gasteiger partial charge in [-0.2, -0.15) is 12.6 Å². The highest BCUT2D eigenvalue weighted by Crippen LogP contribution is 2.17. The van der Waals surface area contributed by atoms with Crippen molar-refractivity contribution in [1.82, 2.24) is 0 Å². The van der Waals surface area contributed by atoms with E-state index in [1.807, 2.05) is 13.8 Å². The van der Waals surface area contributed by atoms with Gasteiger partial charge in [0, 0.05) is 5.75 Å². The second-order valence-corrected chi connectivity index (χ2v) is 3.35. The van der Waals surface area contributed by atoms with Crippen LogP contribution in [0, 0.1) is 20.8 Å². The van der Waals surface area contributed by atoms with Crippen molar-refractivity contribution in [3.05, 3.63) is 34.4 Å². The zero-order valence-corrected chi connectivity index (χ0v) is 10.2. The summed E-state index contributed by atoms with van der Waals surface area (Å²) in [5.74, 6) is 0.845. The van der Waals surface area contributed by atoms with E-state index in [4.69, 9.17) is 0 Å². The average molecular weight is 196 g/mol. The van der Waals surface area contributed by atoms with E-state index in [9.17, 15) is 0 Å². The zero-order valence-electron chi connectivity index (χ0n) is 9.31. The van der Waals surface area contributed by atoms with Gasteiger partial charge in [-0.1, -0.05) is 31.5 Å². The highest BCUT2D eigenvalue weighted by molar-refractivity contribution is 7.79. The summed E-state index contributed by atoms with van der Waals surface area (Å²) in [6.45, 7) is 10.4.